The molecule has 1 atom stereocenters. The highest BCUT2D eigenvalue weighted by atomic mass is 32.2. The summed E-state index contributed by atoms with van der Waals surface area (Å²) in [5.74, 6) is -0.564. The molecule has 17 heteroatoms. The van der Waals surface area contributed by atoms with Gasteiger partial charge in [0.15, 0.2) is 6.04 Å². The minimum atomic E-state index is -4.55. The fraction of sp³-hybridized carbons (Fsp3) is 0.103. The van der Waals surface area contributed by atoms with E-state index in [1.807, 2.05) is 0 Å². The van der Waals surface area contributed by atoms with Crippen molar-refractivity contribution in [2.45, 2.75) is 34.6 Å². The highest BCUT2D eigenvalue weighted by molar-refractivity contribution is 7.93. The number of aryl methyl sites for hydroxylation is 1. The van der Waals surface area contributed by atoms with Crippen LogP contribution in [0.15, 0.2) is 127 Å². The maximum Gasteiger partial charge on any atom is 0.294 e. The van der Waals surface area contributed by atoms with Crippen LogP contribution < -0.4 is 14.5 Å². The molecule has 4 aromatic rings. The molecule has 5 rings (SSSR count). The Morgan fingerprint density at radius 2 is 1.33 bits per heavy atom. The van der Waals surface area contributed by atoms with Crippen molar-refractivity contribution in [1.82, 2.24) is 0 Å². The first-order chi connectivity index (χ1) is 21.6. The average Bonchev–Trinajstić information content (AvgIpc) is 3.29. The zero-order valence-corrected chi connectivity index (χ0v) is 26.6. The Morgan fingerprint density at radius 1 is 0.717 bits per heavy atom. The molecule has 14 nitrogen and oxygen atoms in total. The van der Waals surface area contributed by atoms with Crippen LogP contribution >= 0.6 is 0 Å². The van der Waals surface area contributed by atoms with Crippen LogP contribution in [0.25, 0.3) is 0 Å². The third kappa shape index (κ3) is 7.12. The van der Waals surface area contributed by atoms with Gasteiger partial charge in [0.25, 0.3) is 36.1 Å². The van der Waals surface area contributed by atoms with E-state index < -0.39 is 47.0 Å². The molecule has 238 valence electrons. The summed E-state index contributed by atoms with van der Waals surface area (Å²) in [6, 6.07) is 21.5. The summed E-state index contributed by atoms with van der Waals surface area (Å²) in [4.78, 5) is 12.7. The van der Waals surface area contributed by atoms with Gasteiger partial charge in [0.1, 0.15) is 0 Å². The zero-order valence-electron chi connectivity index (χ0n) is 24.1. The summed E-state index contributed by atoms with van der Waals surface area (Å²) < 4.78 is 88.5. The van der Waals surface area contributed by atoms with Gasteiger partial charge >= 0.3 is 0 Å². The molecule has 0 radical (unpaired) electrons. The van der Waals surface area contributed by atoms with E-state index in [2.05, 4.69) is 24.8 Å². The van der Waals surface area contributed by atoms with Gasteiger partial charge in [-0.3, -0.25) is 18.8 Å². The molecule has 1 aliphatic rings. The number of sulfonamides is 2. The SMILES string of the molecule is CC1=NN(c2cccc(NS(=O)(=O)c3ccccc3)c2)C(=O)C1N=Nc1cc(S(=O)(=O)Nc2cccc(S(=O)(=O)O)c2)ccc1C. The molecule has 0 bridgehead atoms. The summed E-state index contributed by atoms with van der Waals surface area (Å²) in [6.07, 6.45) is 0. The smallest absolute Gasteiger partial charge is 0.282 e. The number of amides is 1. The number of carbonyl (C=O) groups is 1. The van der Waals surface area contributed by atoms with Crippen LogP contribution in [0.2, 0.25) is 0 Å². The van der Waals surface area contributed by atoms with E-state index in [0.29, 0.717) is 11.3 Å². The molecule has 0 spiro atoms. The van der Waals surface area contributed by atoms with Gasteiger partial charge in [-0.15, -0.1) is 0 Å². The lowest BCUT2D eigenvalue weighted by Gasteiger charge is -2.15. The average molecular weight is 683 g/mol. The van der Waals surface area contributed by atoms with E-state index in [9.17, 15) is 34.6 Å². The van der Waals surface area contributed by atoms with Crippen molar-refractivity contribution >= 4 is 64.5 Å². The van der Waals surface area contributed by atoms with E-state index in [1.54, 1.807) is 44.2 Å². The van der Waals surface area contributed by atoms with Gasteiger partial charge in [0.05, 0.1) is 43.1 Å². The molecule has 3 N–H and O–H groups in total. The molecule has 0 aliphatic carbocycles. The maximum absolute atomic E-state index is 13.3. The monoisotopic (exact) mass is 682 g/mol. The predicted molar refractivity (Wildman–Crippen MR) is 171 cm³/mol. The van der Waals surface area contributed by atoms with Crippen molar-refractivity contribution in [3.05, 3.63) is 103 Å². The van der Waals surface area contributed by atoms with Crippen LogP contribution in [0.3, 0.4) is 0 Å². The van der Waals surface area contributed by atoms with Crippen molar-refractivity contribution in [1.29, 1.82) is 0 Å². The number of hydrogen-bond donors (Lipinski definition) is 3. The van der Waals surface area contributed by atoms with E-state index in [4.69, 9.17) is 0 Å². The standard InChI is InChI=1S/C29H26N6O8S3/c1-19-14-15-25(45(39,40)34-22-9-7-13-26(17-22)46(41,42)43)18-27(19)30-31-28-20(2)32-35(29(28)36)23-10-6-8-21(16-23)33-44(37,38)24-11-4-3-5-12-24/h3-18,28,33-34H,1-2H3,(H,41,42,43). The highest BCUT2D eigenvalue weighted by Gasteiger charge is 2.35. The summed E-state index contributed by atoms with van der Waals surface area (Å²) in [5.41, 5.74) is 1.38. The molecule has 1 heterocycles. The largest absolute Gasteiger partial charge is 0.294 e. The van der Waals surface area contributed by atoms with Gasteiger partial charge in [0, 0.05) is 0 Å². The van der Waals surface area contributed by atoms with Crippen molar-refractivity contribution in [3.8, 4) is 0 Å². The molecule has 0 saturated heterocycles. The Kier molecular flexibility index (Phi) is 8.76. The molecule has 0 fully saturated rings. The van der Waals surface area contributed by atoms with Crippen LogP contribution in [0.1, 0.15) is 12.5 Å². The lowest BCUT2D eigenvalue weighted by Crippen LogP contribution is -2.29. The molecular weight excluding hydrogens is 657 g/mol. The number of carbonyl (C=O) groups excluding carboxylic acids is 1. The molecule has 1 aliphatic heterocycles. The minimum absolute atomic E-state index is 0.0706. The van der Waals surface area contributed by atoms with Crippen molar-refractivity contribution in [3.63, 3.8) is 0 Å². The highest BCUT2D eigenvalue weighted by Crippen LogP contribution is 2.29. The van der Waals surface area contributed by atoms with Crippen LogP contribution in [-0.4, -0.2) is 47.5 Å². The normalized spacial score (nSPS) is 15.6. The van der Waals surface area contributed by atoms with E-state index in [-0.39, 0.29) is 32.5 Å². The minimum Gasteiger partial charge on any atom is -0.282 e. The molecule has 0 aromatic heterocycles. The van der Waals surface area contributed by atoms with Gasteiger partial charge in [-0.05, 0) is 80.1 Å². The van der Waals surface area contributed by atoms with Gasteiger partial charge in [0.2, 0.25) is 0 Å². The molecule has 46 heavy (non-hydrogen) atoms. The van der Waals surface area contributed by atoms with Gasteiger partial charge in [-0.25, -0.2) is 16.8 Å². The van der Waals surface area contributed by atoms with Crippen molar-refractivity contribution in [2.75, 3.05) is 14.5 Å². The Bertz CT molecular complexity index is 2220. The van der Waals surface area contributed by atoms with E-state index in [0.717, 1.165) is 17.1 Å². The third-order valence-corrected chi connectivity index (χ3v) is 10.3. The number of azo groups is 1. The topological polar surface area (TPSA) is 204 Å². The first-order valence-electron chi connectivity index (χ1n) is 13.3. The number of rotatable bonds is 10. The number of benzene rings is 4. The number of anilines is 3. The van der Waals surface area contributed by atoms with E-state index >= 15 is 0 Å². The Labute approximate surface area is 265 Å². The fourth-order valence-electron chi connectivity index (χ4n) is 4.31. The van der Waals surface area contributed by atoms with Crippen LogP contribution in [0.4, 0.5) is 22.7 Å². The zero-order chi connectivity index (χ0) is 33.3. The van der Waals surface area contributed by atoms with Gasteiger partial charge in [-0.1, -0.05) is 36.4 Å². The predicted octanol–water partition coefficient (Wildman–Crippen LogP) is 4.72. The van der Waals surface area contributed by atoms with E-state index in [1.165, 1.54) is 54.6 Å². The van der Waals surface area contributed by atoms with Crippen LogP contribution in [-0.2, 0) is 35.0 Å². The summed E-state index contributed by atoms with van der Waals surface area (Å²) in [7, 11) is -12.7. The second-order valence-corrected chi connectivity index (χ2v) is 14.8. The second kappa shape index (κ2) is 12.4. The molecule has 1 unspecified atom stereocenters. The summed E-state index contributed by atoms with van der Waals surface area (Å²) in [6.45, 7) is 3.24. The number of hydrazone groups is 1. The molecule has 0 saturated carbocycles. The number of hydrogen-bond acceptors (Lipinski definition) is 10. The van der Waals surface area contributed by atoms with Crippen molar-refractivity contribution in [2.24, 2.45) is 15.3 Å². The lowest BCUT2D eigenvalue weighted by molar-refractivity contribution is -0.117. The number of nitrogens with one attached hydrogen (secondary N) is 2. The Hall–Kier alpha value is -4.97. The fourth-order valence-corrected chi connectivity index (χ4v) is 6.97. The maximum atomic E-state index is 13.3. The Morgan fingerprint density at radius 3 is 2.00 bits per heavy atom. The van der Waals surface area contributed by atoms with Crippen molar-refractivity contribution < 1.29 is 34.6 Å². The van der Waals surface area contributed by atoms with Gasteiger partial charge in [-0.2, -0.15) is 28.8 Å². The molecule has 4 aromatic carbocycles. The third-order valence-electron chi connectivity index (χ3n) is 6.65. The summed E-state index contributed by atoms with van der Waals surface area (Å²) >= 11 is 0. The quantitative estimate of drug-likeness (QED) is 0.157. The van der Waals surface area contributed by atoms with Crippen LogP contribution in [0, 0.1) is 6.92 Å². The summed E-state index contributed by atoms with van der Waals surface area (Å²) in [5, 5.41) is 13.6. The second-order valence-electron chi connectivity index (χ2n) is 10.0. The van der Waals surface area contributed by atoms with Gasteiger partial charge < -0.3 is 0 Å². The molecule has 1 amide bonds. The Balaban J connectivity index is 1.34. The lowest BCUT2D eigenvalue weighted by atomic mass is 10.2. The van der Waals surface area contributed by atoms with Crippen LogP contribution in [0.5, 0.6) is 0 Å². The first kappa shape index (κ1) is 32.4. The molecular formula is C29H26N6O8S3. The first-order valence-corrected chi connectivity index (χ1v) is 17.7. The number of nitrogens with zero attached hydrogens (tertiary/aromatic N) is 4.